The van der Waals surface area contributed by atoms with Crippen LogP contribution in [0, 0.1) is 0 Å². The molecule has 0 aromatic carbocycles. The molecule has 0 aliphatic carbocycles. The molecule has 0 aromatic heterocycles. The molecule has 0 bridgehead atoms. The molecular formula is C13H25N3O. The molecule has 3 atom stereocenters. The first-order valence-electron chi connectivity index (χ1n) is 6.91. The predicted molar refractivity (Wildman–Crippen MR) is 68.7 cm³/mol. The smallest absolute Gasteiger partial charge is 0.224 e. The minimum atomic E-state index is -0.0263. The highest BCUT2D eigenvalue weighted by Crippen LogP contribution is 2.26. The van der Waals surface area contributed by atoms with Gasteiger partial charge in [0.15, 0.2) is 0 Å². The second kappa shape index (κ2) is 5.36. The van der Waals surface area contributed by atoms with E-state index in [2.05, 4.69) is 16.7 Å². The zero-order valence-electron chi connectivity index (χ0n) is 11.1. The Labute approximate surface area is 104 Å². The Morgan fingerprint density at radius 2 is 2.24 bits per heavy atom. The largest absolute Gasteiger partial charge is 0.337 e. The maximum atomic E-state index is 12.2. The molecule has 2 heterocycles. The summed E-state index contributed by atoms with van der Waals surface area (Å²) in [6, 6.07) is 0.979. The van der Waals surface area contributed by atoms with Gasteiger partial charge in [-0.3, -0.25) is 9.69 Å². The monoisotopic (exact) mass is 239 g/mol. The van der Waals surface area contributed by atoms with Crippen LogP contribution >= 0.6 is 0 Å². The van der Waals surface area contributed by atoms with E-state index in [0.29, 0.717) is 18.5 Å². The third-order valence-electron chi connectivity index (χ3n) is 4.08. The normalized spacial score (nSPS) is 31.4. The number of piperazine rings is 1. The van der Waals surface area contributed by atoms with Crippen molar-refractivity contribution < 1.29 is 4.79 Å². The molecule has 4 heteroatoms. The van der Waals surface area contributed by atoms with Crippen molar-refractivity contribution in [3.63, 3.8) is 0 Å². The first-order valence-corrected chi connectivity index (χ1v) is 6.91. The van der Waals surface area contributed by atoms with Crippen LogP contribution in [0.2, 0.25) is 0 Å². The minimum absolute atomic E-state index is 0.0263. The van der Waals surface area contributed by atoms with Crippen molar-refractivity contribution >= 4 is 5.91 Å². The minimum Gasteiger partial charge on any atom is -0.337 e. The van der Waals surface area contributed by atoms with E-state index in [4.69, 9.17) is 5.73 Å². The van der Waals surface area contributed by atoms with Gasteiger partial charge in [0.2, 0.25) is 5.91 Å². The molecule has 1 amide bonds. The molecule has 4 nitrogen and oxygen atoms in total. The van der Waals surface area contributed by atoms with Gasteiger partial charge in [-0.2, -0.15) is 0 Å². The fourth-order valence-electron chi connectivity index (χ4n) is 3.14. The number of carbonyl (C=O) groups excluding carboxylic acids is 1. The zero-order valence-corrected chi connectivity index (χ0v) is 11.1. The molecule has 98 valence electrons. The Balaban J connectivity index is 2.01. The van der Waals surface area contributed by atoms with Gasteiger partial charge in [-0.05, 0) is 32.7 Å². The summed E-state index contributed by atoms with van der Waals surface area (Å²) in [5.41, 5.74) is 5.74. The SMILES string of the molecule is CCC1CN2CCCC2CN1C(=O)CC(C)N. The lowest BCUT2D eigenvalue weighted by atomic mass is 10.0. The molecule has 0 aromatic rings. The zero-order chi connectivity index (χ0) is 12.4. The van der Waals surface area contributed by atoms with Crippen molar-refractivity contribution in [3.05, 3.63) is 0 Å². The van der Waals surface area contributed by atoms with Gasteiger partial charge < -0.3 is 10.6 Å². The van der Waals surface area contributed by atoms with E-state index in [1.54, 1.807) is 0 Å². The van der Waals surface area contributed by atoms with Crippen LogP contribution in [0.25, 0.3) is 0 Å². The van der Waals surface area contributed by atoms with Crippen molar-refractivity contribution in [3.8, 4) is 0 Å². The Morgan fingerprint density at radius 3 is 2.88 bits per heavy atom. The molecule has 2 saturated heterocycles. The van der Waals surface area contributed by atoms with Crippen LogP contribution in [0.15, 0.2) is 0 Å². The van der Waals surface area contributed by atoms with Gasteiger partial charge in [-0.15, -0.1) is 0 Å². The van der Waals surface area contributed by atoms with Crippen LogP contribution in [0.1, 0.15) is 39.5 Å². The molecule has 2 fully saturated rings. The van der Waals surface area contributed by atoms with E-state index in [1.165, 1.54) is 19.4 Å². The van der Waals surface area contributed by atoms with E-state index in [-0.39, 0.29) is 11.9 Å². The lowest BCUT2D eigenvalue weighted by Gasteiger charge is -2.43. The second-order valence-electron chi connectivity index (χ2n) is 5.58. The highest BCUT2D eigenvalue weighted by Gasteiger charge is 2.37. The number of amides is 1. The topological polar surface area (TPSA) is 49.6 Å². The Bertz CT molecular complexity index is 280. The Kier molecular flexibility index (Phi) is 4.05. The van der Waals surface area contributed by atoms with Gasteiger partial charge >= 0.3 is 0 Å². The van der Waals surface area contributed by atoms with Crippen molar-refractivity contribution in [1.29, 1.82) is 0 Å². The van der Waals surface area contributed by atoms with Gasteiger partial charge in [-0.25, -0.2) is 0 Å². The number of fused-ring (bicyclic) bond motifs is 1. The molecule has 3 unspecified atom stereocenters. The van der Waals surface area contributed by atoms with Gasteiger partial charge in [0.05, 0.1) is 0 Å². The van der Waals surface area contributed by atoms with E-state index in [9.17, 15) is 4.79 Å². The number of hydrogen-bond donors (Lipinski definition) is 1. The quantitative estimate of drug-likeness (QED) is 0.793. The Hall–Kier alpha value is -0.610. The summed E-state index contributed by atoms with van der Waals surface area (Å²) in [6.45, 7) is 7.28. The average Bonchev–Trinajstić information content (AvgIpc) is 2.73. The Morgan fingerprint density at radius 1 is 1.47 bits per heavy atom. The first-order chi connectivity index (χ1) is 8.11. The molecule has 2 aliphatic rings. The molecule has 17 heavy (non-hydrogen) atoms. The van der Waals surface area contributed by atoms with Crippen molar-refractivity contribution in [1.82, 2.24) is 9.80 Å². The maximum Gasteiger partial charge on any atom is 0.224 e. The van der Waals surface area contributed by atoms with Crippen LogP contribution in [0.5, 0.6) is 0 Å². The van der Waals surface area contributed by atoms with Gasteiger partial charge in [-0.1, -0.05) is 6.92 Å². The van der Waals surface area contributed by atoms with Gasteiger partial charge in [0.1, 0.15) is 0 Å². The number of rotatable bonds is 3. The molecule has 2 aliphatic heterocycles. The molecule has 0 spiro atoms. The van der Waals surface area contributed by atoms with Crippen molar-refractivity contribution in [2.45, 2.75) is 57.7 Å². The van der Waals surface area contributed by atoms with E-state index in [1.807, 2.05) is 6.92 Å². The van der Waals surface area contributed by atoms with Crippen LogP contribution in [0.4, 0.5) is 0 Å². The average molecular weight is 239 g/mol. The molecule has 2 rings (SSSR count). The standard InChI is InChI=1S/C13H25N3O/c1-3-11-8-15-6-4-5-12(15)9-16(11)13(17)7-10(2)14/h10-12H,3-9,14H2,1-2H3. The van der Waals surface area contributed by atoms with Crippen LogP contribution in [0.3, 0.4) is 0 Å². The number of nitrogens with zero attached hydrogens (tertiary/aromatic N) is 2. The fourth-order valence-corrected chi connectivity index (χ4v) is 3.14. The molecular weight excluding hydrogens is 214 g/mol. The van der Waals surface area contributed by atoms with Gasteiger partial charge in [0, 0.05) is 37.6 Å². The van der Waals surface area contributed by atoms with E-state index < -0.39 is 0 Å². The van der Waals surface area contributed by atoms with Crippen LogP contribution < -0.4 is 5.73 Å². The van der Waals surface area contributed by atoms with E-state index >= 15 is 0 Å². The van der Waals surface area contributed by atoms with Gasteiger partial charge in [0.25, 0.3) is 0 Å². The molecule has 2 N–H and O–H groups in total. The van der Waals surface area contributed by atoms with E-state index in [0.717, 1.165) is 19.5 Å². The highest BCUT2D eigenvalue weighted by molar-refractivity contribution is 5.77. The second-order valence-corrected chi connectivity index (χ2v) is 5.58. The van der Waals surface area contributed by atoms with Crippen LogP contribution in [-0.4, -0.2) is 53.5 Å². The third-order valence-corrected chi connectivity index (χ3v) is 4.08. The van der Waals surface area contributed by atoms with Crippen molar-refractivity contribution in [2.75, 3.05) is 19.6 Å². The number of hydrogen-bond acceptors (Lipinski definition) is 3. The summed E-state index contributed by atoms with van der Waals surface area (Å²) < 4.78 is 0. The summed E-state index contributed by atoms with van der Waals surface area (Å²) in [5, 5.41) is 0. The third kappa shape index (κ3) is 2.80. The lowest BCUT2D eigenvalue weighted by molar-refractivity contribution is -0.137. The lowest BCUT2D eigenvalue weighted by Crippen LogP contribution is -2.58. The molecule has 0 radical (unpaired) electrons. The summed E-state index contributed by atoms with van der Waals surface area (Å²) in [4.78, 5) is 16.8. The predicted octanol–water partition coefficient (Wildman–Crippen LogP) is 0.809. The number of nitrogens with two attached hydrogens (primary N) is 1. The summed E-state index contributed by atoms with van der Waals surface area (Å²) in [7, 11) is 0. The fraction of sp³-hybridized carbons (Fsp3) is 0.923. The number of carbonyl (C=O) groups is 1. The van der Waals surface area contributed by atoms with Crippen LogP contribution in [-0.2, 0) is 4.79 Å². The van der Waals surface area contributed by atoms with Crippen molar-refractivity contribution in [2.24, 2.45) is 5.73 Å². The summed E-state index contributed by atoms with van der Waals surface area (Å²) in [5.74, 6) is 0.249. The summed E-state index contributed by atoms with van der Waals surface area (Å²) in [6.07, 6.45) is 4.08. The maximum absolute atomic E-state index is 12.2. The molecule has 0 saturated carbocycles. The highest BCUT2D eigenvalue weighted by atomic mass is 16.2. The first kappa shape index (κ1) is 12.8. The summed E-state index contributed by atoms with van der Waals surface area (Å²) >= 11 is 0.